The van der Waals surface area contributed by atoms with E-state index in [0.29, 0.717) is 6.04 Å². The molecule has 0 bridgehead atoms. The average molecular weight is 216 g/mol. The Kier molecular flexibility index (Phi) is 5.33. The number of nitrogens with one attached hydrogen (secondary N) is 2. The van der Waals surface area contributed by atoms with E-state index in [0.717, 1.165) is 31.6 Å². The van der Waals surface area contributed by atoms with Gasteiger partial charge in [0.25, 0.3) is 0 Å². The first kappa shape index (κ1) is 11.9. The van der Waals surface area contributed by atoms with Crippen molar-refractivity contribution >= 4 is 17.7 Å². The normalized spacial score (nSPS) is 23.4. The van der Waals surface area contributed by atoms with Crippen LogP contribution in [0.4, 0.5) is 0 Å². The number of hydrogen-bond acceptors (Lipinski definition) is 3. The first-order valence-electron chi connectivity index (χ1n) is 5.26. The Hall–Kier alpha value is -0.220. The van der Waals surface area contributed by atoms with Crippen molar-refractivity contribution in [1.29, 1.82) is 0 Å². The fourth-order valence-corrected chi connectivity index (χ4v) is 2.21. The predicted octanol–water partition coefficient (Wildman–Crippen LogP) is 0.996. The van der Waals surface area contributed by atoms with Crippen LogP contribution >= 0.6 is 11.8 Å². The van der Waals surface area contributed by atoms with Crippen molar-refractivity contribution in [2.75, 3.05) is 18.6 Å². The van der Waals surface area contributed by atoms with Crippen molar-refractivity contribution < 1.29 is 4.79 Å². The van der Waals surface area contributed by atoms with E-state index in [1.807, 2.05) is 11.8 Å². The summed E-state index contributed by atoms with van der Waals surface area (Å²) in [6, 6.07) is 0.365. The molecule has 1 fully saturated rings. The number of thioether (sulfide) groups is 1. The zero-order valence-electron chi connectivity index (χ0n) is 9.01. The molecule has 0 aliphatic carbocycles. The molecule has 1 saturated heterocycles. The molecule has 4 heteroatoms. The highest BCUT2D eigenvalue weighted by Crippen LogP contribution is 2.06. The molecule has 1 heterocycles. The summed E-state index contributed by atoms with van der Waals surface area (Å²) < 4.78 is 0. The van der Waals surface area contributed by atoms with Gasteiger partial charge in [-0.1, -0.05) is 0 Å². The van der Waals surface area contributed by atoms with Gasteiger partial charge in [0, 0.05) is 6.04 Å². The smallest absolute Gasteiger partial charge is 0.237 e. The van der Waals surface area contributed by atoms with Gasteiger partial charge in [-0.05, 0) is 44.7 Å². The van der Waals surface area contributed by atoms with Gasteiger partial charge in [-0.15, -0.1) is 0 Å². The van der Waals surface area contributed by atoms with Crippen molar-refractivity contribution in [1.82, 2.24) is 10.6 Å². The Labute approximate surface area is 90.4 Å². The molecule has 0 aromatic heterocycles. The van der Waals surface area contributed by atoms with Gasteiger partial charge in [0.2, 0.25) is 5.91 Å². The van der Waals surface area contributed by atoms with Gasteiger partial charge < -0.3 is 10.6 Å². The Bertz CT molecular complexity index is 181. The quantitative estimate of drug-likeness (QED) is 0.720. The van der Waals surface area contributed by atoms with Crippen LogP contribution in [0.1, 0.15) is 26.2 Å². The zero-order valence-corrected chi connectivity index (χ0v) is 9.82. The van der Waals surface area contributed by atoms with Crippen LogP contribution in [0.15, 0.2) is 0 Å². The number of rotatable bonds is 5. The van der Waals surface area contributed by atoms with Gasteiger partial charge in [0.15, 0.2) is 0 Å². The van der Waals surface area contributed by atoms with Crippen molar-refractivity contribution in [3.8, 4) is 0 Å². The summed E-state index contributed by atoms with van der Waals surface area (Å²) in [5, 5.41) is 6.24. The van der Waals surface area contributed by atoms with Gasteiger partial charge in [-0.3, -0.25) is 4.79 Å². The summed E-state index contributed by atoms with van der Waals surface area (Å²) in [6.07, 6.45) is 5.26. The third-order valence-corrected chi connectivity index (χ3v) is 3.16. The van der Waals surface area contributed by atoms with Gasteiger partial charge in [0.05, 0.1) is 6.04 Å². The molecule has 2 N–H and O–H groups in total. The fraction of sp³-hybridized carbons (Fsp3) is 0.900. The lowest BCUT2D eigenvalue weighted by Crippen LogP contribution is -2.44. The van der Waals surface area contributed by atoms with Crippen LogP contribution < -0.4 is 10.6 Å². The average Bonchev–Trinajstić information content (AvgIpc) is 2.67. The lowest BCUT2D eigenvalue weighted by molar-refractivity contribution is -0.123. The SMILES string of the molecule is CSCCC(C)NC(=O)[C@@H]1CCCN1. The first-order chi connectivity index (χ1) is 6.74. The van der Waals surface area contributed by atoms with E-state index in [4.69, 9.17) is 0 Å². The maximum Gasteiger partial charge on any atom is 0.237 e. The summed E-state index contributed by atoms with van der Waals surface area (Å²) >= 11 is 1.82. The molecular weight excluding hydrogens is 196 g/mol. The molecule has 82 valence electrons. The van der Waals surface area contributed by atoms with Crippen molar-refractivity contribution in [3.63, 3.8) is 0 Å². The van der Waals surface area contributed by atoms with Gasteiger partial charge >= 0.3 is 0 Å². The Balaban J connectivity index is 2.18. The van der Waals surface area contributed by atoms with Gasteiger partial charge in [-0.25, -0.2) is 0 Å². The Morgan fingerprint density at radius 1 is 1.71 bits per heavy atom. The maximum absolute atomic E-state index is 11.6. The molecule has 0 saturated carbocycles. The third-order valence-electron chi connectivity index (χ3n) is 2.52. The van der Waals surface area contributed by atoms with Crippen LogP contribution in [0.2, 0.25) is 0 Å². The van der Waals surface area contributed by atoms with E-state index < -0.39 is 0 Å². The largest absolute Gasteiger partial charge is 0.352 e. The second-order valence-corrected chi connectivity index (χ2v) is 4.83. The zero-order chi connectivity index (χ0) is 10.4. The van der Waals surface area contributed by atoms with Crippen LogP contribution in [-0.2, 0) is 4.79 Å². The second kappa shape index (κ2) is 6.30. The molecule has 2 atom stereocenters. The molecule has 1 amide bonds. The summed E-state index contributed by atoms with van der Waals surface area (Å²) in [7, 11) is 0. The molecule has 0 aromatic carbocycles. The Morgan fingerprint density at radius 2 is 2.50 bits per heavy atom. The second-order valence-electron chi connectivity index (χ2n) is 3.84. The Morgan fingerprint density at radius 3 is 3.07 bits per heavy atom. The van der Waals surface area contributed by atoms with Crippen LogP contribution in [0.25, 0.3) is 0 Å². The molecule has 3 nitrogen and oxygen atoms in total. The number of carbonyl (C=O) groups is 1. The van der Waals surface area contributed by atoms with E-state index >= 15 is 0 Å². The van der Waals surface area contributed by atoms with E-state index in [9.17, 15) is 4.79 Å². The van der Waals surface area contributed by atoms with Crippen molar-refractivity contribution in [2.45, 2.75) is 38.3 Å². The standard InChI is InChI=1S/C10H20N2OS/c1-8(5-7-14-2)12-10(13)9-4-3-6-11-9/h8-9,11H,3-7H2,1-2H3,(H,12,13)/t8?,9-/m0/s1. The summed E-state index contributed by atoms with van der Waals surface area (Å²) in [5.41, 5.74) is 0. The maximum atomic E-state index is 11.6. The minimum atomic E-state index is 0.0618. The minimum absolute atomic E-state index is 0.0618. The number of hydrogen-bond donors (Lipinski definition) is 2. The molecule has 1 rings (SSSR count). The third kappa shape index (κ3) is 3.88. The van der Waals surface area contributed by atoms with Crippen LogP contribution in [-0.4, -0.2) is 36.5 Å². The molecule has 0 spiro atoms. The van der Waals surface area contributed by atoms with Gasteiger partial charge in [0.1, 0.15) is 0 Å². The van der Waals surface area contributed by atoms with Crippen molar-refractivity contribution in [3.05, 3.63) is 0 Å². The molecular formula is C10H20N2OS. The molecule has 1 aliphatic rings. The molecule has 1 unspecified atom stereocenters. The van der Waals surface area contributed by atoms with E-state index in [1.165, 1.54) is 0 Å². The topological polar surface area (TPSA) is 41.1 Å². The first-order valence-corrected chi connectivity index (χ1v) is 6.66. The van der Waals surface area contributed by atoms with Crippen LogP contribution in [0.3, 0.4) is 0 Å². The van der Waals surface area contributed by atoms with Gasteiger partial charge in [-0.2, -0.15) is 11.8 Å². The summed E-state index contributed by atoms with van der Waals surface area (Å²) in [4.78, 5) is 11.6. The van der Waals surface area contributed by atoms with E-state index in [2.05, 4.69) is 23.8 Å². The van der Waals surface area contributed by atoms with Crippen molar-refractivity contribution in [2.24, 2.45) is 0 Å². The number of amides is 1. The van der Waals surface area contributed by atoms with Crippen LogP contribution in [0.5, 0.6) is 0 Å². The highest BCUT2D eigenvalue weighted by atomic mass is 32.2. The molecule has 0 aromatic rings. The summed E-state index contributed by atoms with van der Waals surface area (Å²) in [5.74, 6) is 1.29. The molecule has 14 heavy (non-hydrogen) atoms. The van der Waals surface area contributed by atoms with E-state index in [1.54, 1.807) is 0 Å². The number of carbonyl (C=O) groups excluding carboxylic acids is 1. The lowest BCUT2D eigenvalue weighted by Gasteiger charge is -2.16. The molecule has 0 radical (unpaired) electrons. The van der Waals surface area contributed by atoms with Crippen LogP contribution in [0, 0.1) is 0 Å². The predicted molar refractivity (Wildman–Crippen MR) is 61.6 cm³/mol. The lowest BCUT2D eigenvalue weighted by atomic mass is 10.2. The molecule has 1 aliphatic heterocycles. The monoisotopic (exact) mass is 216 g/mol. The highest BCUT2D eigenvalue weighted by molar-refractivity contribution is 7.98. The van der Waals surface area contributed by atoms with E-state index in [-0.39, 0.29) is 11.9 Å². The summed E-state index contributed by atoms with van der Waals surface area (Å²) in [6.45, 7) is 3.06. The fourth-order valence-electron chi connectivity index (χ4n) is 1.62. The minimum Gasteiger partial charge on any atom is -0.352 e. The highest BCUT2D eigenvalue weighted by Gasteiger charge is 2.22.